The van der Waals surface area contributed by atoms with Crippen LogP contribution in [0, 0.1) is 6.92 Å². The number of hydrogen-bond acceptors (Lipinski definition) is 7. The number of nitrogens with one attached hydrogen (secondary N) is 2. The molecule has 0 fully saturated rings. The lowest BCUT2D eigenvalue weighted by molar-refractivity contribution is -0.149. The first kappa shape index (κ1) is 16.5. The van der Waals surface area contributed by atoms with Gasteiger partial charge in [0.25, 0.3) is 5.91 Å². The molecule has 0 spiro atoms. The molecular weight excluding hydrogens is 326 g/mol. The molecule has 0 aliphatic rings. The third-order valence-corrected chi connectivity index (χ3v) is 3.57. The van der Waals surface area contributed by atoms with Crippen molar-refractivity contribution in [1.29, 1.82) is 0 Å². The number of esters is 1. The van der Waals surface area contributed by atoms with Gasteiger partial charge in [0.1, 0.15) is 6.54 Å². The summed E-state index contributed by atoms with van der Waals surface area (Å²) in [6, 6.07) is 2.94. The number of amides is 2. The van der Waals surface area contributed by atoms with Gasteiger partial charge in [-0.1, -0.05) is 11.3 Å². The highest BCUT2D eigenvalue weighted by atomic mass is 32.1. The third-order valence-electron chi connectivity index (χ3n) is 2.69. The zero-order chi connectivity index (χ0) is 16.8. The van der Waals surface area contributed by atoms with Crippen LogP contribution in [0.1, 0.15) is 16.2 Å². The summed E-state index contributed by atoms with van der Waals surface area (Å²) in [7, 11) is 0. The standard InChI is InChI=1S/C13H13N3O6S/c1-8-7-23-13(20)16(8)5-11(18)22-6-10(17)14-15-12(19)9-3-2-4-21-9/h2-4,7H,5-6H2,1H3,(H,14,17)(H,15,19). The lowest BCUT2D eigenvalue weighted by atomic mass is 10.4. The van der Waals surface area contributed by atoms with E-state index in [0.29, 0.717) is 5.69 Å². The monoisotopic (exact) mass is 339 g/mol. The second-order valence-electron chi connectivity index (χ2n) is 4.37. The molecule has 2 aromatic rings. The van der Waals surface area contributed by atoms with Crippen molar-refractivity contribution < 1.29 is 23.5 Å². The zero-order valence-electron chi connectivity index (χ0n) is 12.0. The molecular formula is C13H13N3O6S. The summed E-state index contributed by atoms with van der Waals surface area (Å²) in [6.07, 6.45) is 1.31. The topological polar surface area (TPSA) is 120 Å². The van der Waals surface area contributed by atoms with E-state index in [1.165, 1.54) is 23.0 Å². The Hall–Kier alpha value is -2.88. The van der Waals surface area contributed by atoms with E-state index < -0.39 is 24.4 Å². The summed E-state index contributed by atoms with van der Waals surface area (Å²) in [5, 5.41) is 1.62. The number of ether oxygens (including phenoxy) is 1. The Morgan fingerprint density at radius 3 is 2.74 bits per heavy atom. The maximum atomic E-state index is 11.6. The number of aromatic nitrogens is 1. The number of thiazole rings is 1. The fraction of sp³-hybridized carbons (Fsp3) is 0.231. The van der Waals surface area contributed by atoms with Crippen molar-refractivity contribution in [3.63, 3.8) is 0 Å². The van der Waals surface area contributed by atoms with Crippen LogP contribution < -0.4 is 15.7 Å². The Morgan fingerprint density at radius 2 is 2.13 bits per heavy atom. The van der Waals surface area contributed by atoms with E-state index in [1.54, 1.807) is 12.3 Å². The number of furan rings is 1. The quantitative estimate of drug-likeness (QED) is 0.576. The molecule has 2 heterocycles. The molecule has 0 aliphatic carbocycles. The molecule has 122 valence electrons. The van der Waals surface area contributed by atoms with Crippen molar-refractivity contribution in [3.05, 3.63) is 44.9 Å². The first-order chi connectivity index (χ1) is 11.0. The molecule has 0 bridgehead atoms. The van der Waals surface area contributed by atoms with Gasteiger partial charge >= 0.3 is 16.7 Å². The molecule has 0 radical (unpaired) electrons. The molecule has 23 heavy (non-hydrogen) atoms. The first-order valence-corrected chi connectivity index (χ1v) is 7.28. The number of carbonyl (C=O) groups excluding carboxylic acids is 3. The van der Waals surface area contributed by atoms with Crippen LogP contribution in [0.4, 0.5) is 0 Å². The number of rotatable bonds is 5. The molecule has 2 amide bonds. The maximum absolute atomic E-state index is 11.6. The van der Waals surface area contributed by atoms with Crippen molar-refractivity contribution in [2.24, 2.45) is 0 Å². The average Bonchev–Trinajstić information content (AvgIpc) is 3.16. The number of hydrogen-bond donors (Lipinski definition) is 2. The predicted octanol–water partition coefficient (Wildman–Crippen LogP) is -0.184. The highest BCUT2D eigenvalue weighted by Gasteiger charge is 2.13. The summed E-state index contributed by atoms with van der Waals surface area (Å²) in [5.41, 5.74) is 4.79. The van der Waals surface area contributed by atoms with E-state index in [2.05, 4.69) is 10.9 Å². The van der Waals surface area contributed by atoms with Gasteiger partial charge in [0.15, 0.2) is 12.4 Å². The van der Waals surface area contributed by atoms with E-state index >= 15 is 0 Å². The average molecular weight is 339 g/mol. The minimum absolute atomic E-state index is 0.0228. The largest absolute Gasteiger partial charge is 0.459 e. The molecule has 9 nitrogen and oxygen atoms in total. The first-order valence-electron chi connectivity index (χ1n) is 6.40. The molecule has 0 saturated carbocycles. The summed E-state index contributed by atoms with van der Waals surface area (Å²) >= 11 is 0.971. The van der Waals surface area contributed by atoms with Crippen LogP contribution in [-0.2, 0) is 20.9 Å². The Bertz CT molecular complexity index is 761. The predicted molar refractivity (Wildman–Crippen MR) is 78.6 cm³/mol. The molecule has 0 atom stereocenters. The summed E-state index contributed by atoms with van der Waals surface area (Å²) in [6.45, 7) is 0.817. The fourth-order valence-corrected chi connectivity index (χ4v) is 2.28. The van der Waals surface area contributed by atoms with Crippen LogP contribution in [0.5, 0.6) is 0 Å². The van der Waals surface area contributed by atoms with E-state index in [4.69, 9.17) is 9.15 Å². The minimum atomic E-state index is -0.735. The number of nitrogens with zero attached hydrogens (tertiary/aromatic N) is 1. The zero-order valence-corrected chi connectivity index (χ0v) is 12.8. The highest BCUT2D eigenvalue weighted by Crippen LogP contribution is 2.00. The smallest absolute Gasteiger partial charge is 0.326 e. The van der Waals surface area contributed by atoms with Gasteiger partial charge in [-0.15, -0.1) is 0 Å². The highest BCUT2D eigenvalue weighted by molar-refractivity contribution is 7.07. The molecule has 0 aliphatic heterocycles. The number of hydrazine groups is 1. The second kappa shape index (κ2) is 7.40. The van der Waals surface area contributed by atoms with Gasteiger partial charge in [-0.05, 0) is 19.1 Å². The van der Waals surface area contributed by atoms with Gasteiger partial charge < -0.3 is 9.15 Å². The Labute approximate surface area is 133 Å². The van der Waals surface area contributed by atoms with Gasteiger partial charge in [-0.3, -0.25) is 34.6 Å². The SMILES string of the molecule is Cc1csc(=O)n1CC(=O)OCC(=O)NNC(=O)c1ccco1. The fourth-order valence-electron chi connectivity index (χ4n) is 1.55. The Morgan fingerprint density at radius 1 is 1.35 bits per heavy atom. The number of aryl methyl sites for hydroxylation is 1. The Balaban J connectivity index is 1.73. The van der Waals surface area contributed by atoms with Crippen molar-refractivity contribution >= 4 is 29.1 Å². The van der Waals surface area contributed by atoms with E-state index in [1.807, 2.05) is 0 Å². The molecule has 2 rings (SSSR count). The summed E-state index contributed by atoms with van der Waals surface area (Å²) in [4.78, 5) is 45.7. The van der Waals surface area contributed by atoms with Crippen LogP contribution in [-0.4, -0.2) is 29.0 Å². The van der Waals surface area contributed by atoms with Gasteiger partial charge in [-0.2, -0.15) is 0 Å². The van der Waals surface area contributed by atoms with Crippen molar-refractivity contribution in [3.8, 4) is 0 Å². The van der Waals surface area contributed by atoms with E-state index in [9.17, 15) is 19.2 Å². The van der Waals surface area contributed by atoms with Gasteiger partial charge in [0, 0.05) is 11.1 Å². The van der Waals surface area contributed by atoms with Crippen LogP contribution >= 0.6 is 11.3 Å². The summed E-state index contributed by atoms with van der Waals surface area (Å²) < 4.78 is 10.8. The van der Waals surface area contributed by atoms with Crippen LogP contribution in [0.2, 0.25) is 0 Å². The van der Waals surface area contributed by atoms with Gasteiger partial charge in [0.05, 0.1) is 6.26 Å². The lowest BCUT2D eigenvalue weighted by Crippen LogP contribution is -2.43. The van der Waals surface area contributed by atoms with Crippen molar-refractivity contribution in [1.82, 2.24) is 15.4 Å². The molecule has 2 N–H and O–H groups in total. The van der Waals surface area contributed by atoms with Gasteiger partial charge in [0.2, 0.25) is 0 Å². The van der Waals surface area contributed by atoms with E-state index in [-0.39, 0.29) is 17.2 Å². The Kier molecular flexibility index (Phi) is 5.31. The van der Waals surface area contributed by atoms with Gasteiger partial charge in [-0.25, -0.2) is 0 Å². The van der Waals surface area contributed by atoms with E-state index in [0.717, 1.165) is 11.3 Å². The van der Waals surface area contributed by atoms with Crippen molar-refractivity contribution in [2.75, 3.05) is 6.61 Å². The van der Waals surface area contributed by atoms with Crippen molar-refractivity contribution in [2.45, 2.75) is 13.5 Å². The minimum Gasteiger partial charge on any atom is -0.459 e. The molecule has 2 aromatic heterocycles. The lowest BCUT2D eigenvalue weighted by Gasteiger charge is -2.07. The number of carbonyl (C=O) groups is 3. The van der Waals surface area contributed by atoms with Crippen LogP contribution in [0.15, 0.2) is 33.0 Å². The maximum Gasteiger partial charge on any atom is 0.326 e. The molecule has 0 aromatic carbocycles. The molecule has 10 heteroatoms. The van der Waals surface area contributed by atoms with Crippen LogP contribution in [0.25, 0.3) is 0 Å². The molecule has 0 unspecified atom stereocenters. The third kappa shape index (κ3) is 4.54. The second-order valence-corrected chi connectivity index (χ2v) is 5.19. The summed E-state index contributed by atoms with van der Waals surface area (Å²) in [5.74, 6) is -2.08. The van der Waals surface area contributed by atoms with Crippen LogP contribution in [0.3, 0.4) is 0 Å². The molecule has 0 saturated heterocycles. The normalized spacial score (nSPS) is 10.1.